The molecule has 0 atom stereocenters. The monoisotopic (exact) mass is 299 g/mol. The molecule has 2 nitrogen and oxygen atoms in total. The van der Waals surface area contributed by atoms with Crippen molar-refractivity contribution in [2.45, 2.75) is 0 Å². The van der Waals surface area contributed by atoms with Gasteiger partial charge in [0.2, 0.25) is 0 Å². The molecule has 0 fully saturated rings. The summed E-state index contributed by atoms with van der Waals surface area (Å²) in [7, 11) is 0. The number of allylic oxidation sites excluding steroid dienone is 1. The highest BCUT2D eigenvalue weighted by molar-refractivity contribution is 7.81. The van der Waals surface area contributed by atoms with Crippen LogP contribution in [0.5, 0.6) is 0 Å². The van der Waals surface area contributed by atoms with Gasteiger partial charge in [0.1, 0.15) is 16.6 Å². The fraction of sp³-hybridized carbons (Fsp3) is 0. The Balaban J connectivity index is 1.96. The summed E-state index contributed by atoms with van der Waals surface area (Å²) in [6, 6.07) is 15.4. The van der Waals surface area contributed by atoms with Crippen LogP contribution in [0.4, 0.5) is 10.1 Å². The summed E-state index contributed by atoms with van der Waals surface area (Å²) < 4.78 is 12.8. The second-order valence-corrected chi connectivity index (χ2v) is 4.75. The molecule has 0 aromatic heterocycles. The first kappa shape index (κ1) is 14.9. The predicted octanol–water partition coefficient (Wildman–Crippen LogP) is 4.72. The average Bonchev–Trinajstić information content (AvgIpc) is 2.48. The summed E-state index contributed by atoms with van der Waals surface area (Å²) in [5.74, 6) is -0.269. The number of halogens is 1. The zero-order valence-electron chi connectivity index (χ0n) is 11.2. The van der Waals surface area contributed by atoms with Crippen LogP contribution in [0, 0.1) is 5.82 Å². The molecule has 0 aliphatic carbocycles. The number of rotatable bonds is 4. The first-order valence-electron chi connectivity index (χ1n) is 6.34. The maximum Gasteiger partial charge on any atom is 0.123 e. The standard InChI is InChI=1S/C17H14FNOS/c18-14-7-9-15(10-8-14)19-17(21)12-16(20)11-6-13-4-2-1-3-5-13/h1-12,20H,(H,19,21)/b11-6+,16-12-. The Labute approximate surface area is 128 Å². The van der Waals surface area contributed by atoms with E-state index in [-0.39, 0.29) is 11.6 Å². The third-order valence-electron chi connectivity index (χ3n) is 2.64. The lowest BCUT2D eigenvalue weighted by atomic mass is 10.2. The van der Waals surface area contributed by atoms with Gasteiger partial charge in [0.05, 0.1) is 0 Å². The lowest BCUT2D eigenvalue weighted by molar-refractivity contribution is 0.434. The van der Waals surface area contributed by atoms with Gasteiger partial charge in [-0.2, -0.15) is 0 Å². The molecule has 0 unspecified atom stereocenters. The van der Waals surface area contributed by atoms with Crippen molar-refractivity contribution in [2.24, 2.45) is 0 Å². The Kier molecular flexibility index (Phi) is 5.23. The molecule has 0 heterocycles. The predicted molar refractivity (Wildman–Crippen MR) is 88.8 cm³/mol. The van der Waals surface area contributed by atoms with Gasteiger partial charge in [-0.3, -0.25) is 0 Å². The molecule has 2 aromatic rings. The van der Waals surface area contributed by atoms with Crippen molar-refractivity contribution in [3.8, 4) is 0 Å². The van der Waals surface area contributed by atoms with Crippen LogP contribution in [-0.2, 0) is 0 Å². The fourth-order valence-corrected chi connectivity index (χ4v) is 1.88. The zero-order valence-corrected chi connectivity index (χ0v) is 12.0. The van der Waals surface area contributed by atoms with Crippen molar-refractivity contribution in [3.05, 3.63) is 83.9 Å². The molecule has 0 saturated heterocycles. The first-order chi connectivity index (χ1) is 10.1. The largest absolute Gasteiger partial charge is 0.508 e. The van der Waals surface area contributed by atoms with Crippen LogP contribution >= 0.6 is 12.2 Å². The Bertz CT molecular complexity index is 663. The van der Waals surface area contributed by atoms with Crippen LogP contribution in [0.25, 0.3) is 6.08 Å². The van der Waals surface area contributed by atoms with E-state index in [1.54, 1.807) is 24.3 Å². The highest BCUT2D eigenvalue weighted by Gasteiger charge is 1.97. The molecule has 2 aromatic carbocycles. The summed E-state index contributed by atoms with van der Waals surface area (Å²) in [6.07, 6.45) is 4.78. The number of nitrogens with one attached hydrogen (secondary N) is 1. The van der Waals surface area contributed by atoms with Gasteiger partial charge in [-0.25, -0.2) is 4.39 Å². The second-order valence-electron chi connectivity index (χ2n) is 4.31. The van der Waals surface area contributed by atoms with Crippen LogP contribution in [-0.4, -0.2) is 10.1 Å². The SMILES string of the molecule is OC(=C\C(=S)Nc1ccc(F)cc1)/C=C/c1ccccc1. The van der Waals surface area contributed by atoms with Crippen LogP contribution < -0.4 is 5.32 Å². The molecule has 0 aliphatic rings. The third kappa shape index (κ3) is 5.20. The number of thiocarbonyl (C=S) groups is 1. The molecule has 0 saturated carbocycles. The van der Waals surface area contributed by atoms with Gasteiger partial charge in [-0.15, -0.1) is 0 Å². The van der Waals surface area contributed by atoms with E-state index in [4.69, 9.17) is 12.2 Å². The minimum atomic E-state index is -0.310. The Morgan fingerprint density at radius 2 is 1.71 bits per heavy atom. The number of hydrogen-bond acceptors (Lipinski definition) is 2. The molecule has 21 heavy (non-hydrogen) atoms. The van der Waals surface area contributed by atoms with Crippen LogP contribution in [0.15, 0.2) is 72.5 Å². The topological polar surface area (TPSA) is 32.3 Å². The van der Waals surface area contributed by atoms with Gasteiger partial charge in [0, 0.05) is 11.8 Å². The van der Waals surface area contributed by atoms with E-state index in [9.17, 15) is 9.50 Å². The van der Waals surface area contributed by atoms with Gasteiger partial charge >= 0.3 is 0 Å². The molecule has 0 spiro atoms. The maximum atomic E-state index is 12.8. The van der Waals surface area contributed by atoms with Crippen molar-refractivity contribution >= 4 is 29.0 Å². The summed E-state index contributed by atoms with van der Waals surface area (Å²) in [6.45, 7) is 0. The highest BCUT2D eigenvalue weighted by Crippen LogP contribution is 2.09. The Hall–Kier alpha value is -2.46. The van der Waals surface area contributed by atoms with Gasteiger partial charge < -0.3 is 10.4 Å². The molecular weight excluding hydrogens is 285 g/mol. The minimum absolute atomic E-state index is 0.0402. The second kappa shape index (κ2) is 7.36. The van der Waals surface area contributed by atoms with Crippen LogP contribution in [0.1, 0.15) is 5.56 Å². The molecular formula is C17H14FNOS. The van der Waals surface area contributed by atoms with E-state index in [1.807, 2.05) is 30.3 Å². The average molecular weight is 299 g/mol. The summed E-state index contributed by atoms with van der Waals surface area (Å²) in [4.78, 5) is 0.344. The fourth-order valence-electron chi connectivity index (χ4n) is 1.64. The summed E-state index contributed by atoms with van der Waals surface area (Å²) in [5.41, 5.74) is 1.65. The highest BCUT2D eigenvalue weighted by atomic mass is 32.1. The molecule has 2 rings (SSSR count). The minimum Gasteiger partial charge on any atom is -0.508 e. The van der Waals surface area contributed by atoms with E-state index in [0.29, 0.717) is 10.7 Å². The van der Waals surface area contributed by atoms with E-state index in [1.165, 1.54) is 18.2 Å². The van der Waals surface area contributed by atoms with Crippen LogP contribution in [0.3, 0.4) is 0 Å². The van der Waals surface area contributed by atoms with Gasteiger partial charge in [0.25, 0.3) is 0 Å². The first-order valence-corrected chi connectivity index (χ1v) is 6.75. The van der Waals surface area contributed by atoms with Crippen molar-refractivity contribution in [1.82, 2.24) is 0 Å². The van der Waals surface area contributed by atoms with E-state index in [2.05, 4.69) is 5.32 Å². The van der Waals surface area contributed by atoms with Crippen molar-refractivity contribution in [2.75, 3.05) is 5.32 Å². The van der Waals surface area contributed by atoms with E-state index in [0.717, 1.165) is 5.56 Å². The zero-order chi connectivity index (χ0) is 15.1. The molecule has 2 N–H and O–H groups in total. The quantitative estimate of drug-likeness (QED) is 0.371. The maximum absolute atomic E-state index is 12.8. The number of hydrogen-bond donors (Lipinski definition) is 2. The summed E-state index contributed by atoms with van der Waals surface area (Å²) in [5, 5.41) is 12.7. The lowest BCUT2D eigenvalue weighted by Gasteiger charge is -2.04. The molecule has 0 radical (unpaired) electrons. The van der Waals surface area contributed by atoms with Crippen LogP contribution in [0.2, 0.25) is 0 Å². The number of aliphatic hydroxyl groups is 1. The summed E-state index contributed by atoms with van der Waals surface area (Å²) >= 11 is 5.10. The van der Waals surface area contributed by atoms with Crippen molar-refractivity contribution in [3.63, 3.8) is 0 Å². The number of benzene rings is 2. The lowest BCUT2D eigenvalue weighted by Crippen LogP contribution is -2.06. The molecule has 106 valence electrons. The molecule has 0 bridgehead atoms. The molecule has 0 aliphatic heterocycles. The molecule has 4 heteroatoms. The van der Waals surface area contributed by atoms with Crippen molar-refractivity contribution < 1.29 is 9.50 Å². The van der Waals surface area contributed by atoms with E-state index < -0.39 is 0 Å². The third-order valence-corrected chi connectivity index (χ3v) is 2.86. The molecule has 0 amide bonds. The van der Waals surface area contributed by atoms with Crippen molar-refractivity contribution in [1.29, 1.82) is 0 Å². The van der Waals surface area contributed by atoms with E-state index >= 15 is 0 Å². The van der Waals surface area contributed by atoms with Gasteiger partial charge in [-0.05, 0) is 35.9 Å². The van der Waals surface area contributed by atoms with Gasteiger partial charge in [-0.1, -0.05) is 48.6 Å². The van der Waals surface area contributed by atoms with Gasteiger partial charge in [0.15, 0.2) is 0 Å². The Morgan fingerprint density at radius 3 is 2.38 bits per heavy atom. The normalized spacial score (nSPS) is 11.6. The Morgan fingerprint density at radius 1 is 1.05 bits per heavy atom. The number of aliphatic hydroxyl groups excluding tert-OH is 1. The number of anilines is 1. The smallest absolute Gasteiger partial charge is 0.123 e.